The van der Waals surface area contributed by atoms with E-state index < -0.39 is 0 Å². The Kier molecular flexibility index (Phi) is 4.51. The molecule has 2 aromatic rings. The predicted octanol–water partition coefficient (Wildman–Crippen LogP) is 4.47. The standard InChI is InChI=1S/C15H14ClF2N/c1-10(11-3-6-14(17)7-4-11)19-9-12-2-5-13(16)8-15(12)18/h2-8,10,19H,9H2,1H3. The number of nitrogens with one attached hydrogen (secondary N) is 1. The minimum Gasteiger partial charge on any atom is -0.306 e. The van der Waals surface area contributed by atoms with Crippen LogP contribution in [0.4, 0.5) is 8.78 Å². The molecule has 0 heterocycles. The van der Waals surface area contributed by atoms with Gasteiger partial charge in [-0.2, -0.15) is 0 Å². The number of halogens is 3. The normalized spacial score (nSPS) is 12.4. The van der Waals surface area contributed by atoms with E-state index >= 15 is 0 Å². The van der Waals surface area contributed by atoms with Crippen molar-refractivity contribution in [1.82, 2.24) is 5.32 Å². The van der Waals surface area contributed by atoms with Crippen molar-refractivity contribution >= 4 is 11.6 Å². The van der Waals surface area contributed by atoms with E-state index in [1.54, 1.807) is 24.3 Å². The average molecular weight is 282 g/mol. The fraction of sp³-hybridized carbons (Fsp3) is 0.200. The minimum absolute atomic E-state index is 0.00989. The Labute approximate surface area is 116 Å². The highest BCUT2D eigenvalue weighted by molar-refractivity contribution is 6.30. The molecule has 19 heavy (non-hydrogen) atoms. The molecule has 0 saturated heterocycles. The van der Waals surface area contributed by atoms with Crippen molar-refractivity contribution in [2.75, 3.05) is 0 Å². The Morgan fingerprint density at radius 2 is 1.79 bits per heavy atom. The second kappa shape index (κ2) is 6.13. The van der Waals surface area contributed by atoms with Crippen LogP contribution in [0.5, 0.6) is 0 Å². The molecular weight excluding hydrogens is 268 g/mol. The summed E-state index contributed by atoms with van der Waals surface area (Å²) in [6, 6.07) is 10.9. The van der Waals surface area contributed by atoms with Crippen LogP contribution in [-0.4, -0.2) is 0 Å². The smallest absolute Gasteiger partial charge is 0.129 e. The van der Waals surface area contributed by atoms with Crippen molar-refractivity contribution in [3.63, 3.8) is 0 Å². The first kappa shape index (κ1) is 14.0. The molecule has 0 amide bonds. The second-order valence-electron chi connectivity index (χ2n) is 4.39. The molecule has 0 fully saturated rings. The number of hydrogen-bond donors (Lipinski definition) is 1. The Hall–Kier alpha value is -1.45. The number of hydrogen-bond acceptors (Lipinski definition) is 1. The van der Waals surface area contributed by atoms with Gasteiger partial charge in [0.2, 0.25) is 0 Å². The molecule has 0 radical (unpaired) electrons. The van der Waals surface area contributed by atoms with Gasteiger partial charge in [0, 0.05) is 23.2 Å². The average Bonchev–Trinajstić information content (AvgIpc) is 2.38. The van der Waals surface area contributed by atoms with Crippen molar-refractivity contribution in [1.29, 1.82) is 0 Å². The lowest BCUT2D eigenvalue weighted by Gasteiger charge is -2.14. The zero-order valence-corrected chi connectivity index (χ0v) is 11.2. The molecule has 4 heteroatoms. The van der Waals surface area contributed by atoms with E-state index in [1.165, 1.54) is 18.2 Å². The van der Waals surface area contributed by atoms with Gasteiger partial charge in [-0.1, -0.05) is 29.8 Å². The molecule has 0 bridgehead atoms. The van der Waals surface area contributed by atoms with Gasteiger partial charge in [0.05, 0.1) is 0 Å². The van der Waals surface area contributed by atoms with E-state index in [0.29, 0.717) is 17.1 Å². The highest BCUT2D eigenvalue weighted by Crippen LogP contribution is 2.17. The maximum Gasteiger partial charge on any atom is 0.129 e. The monoisotopic (exact) mass is 281 g/mol. The SMILES string of the molecule is CC(NCc1ccc(Cl)cc1F)c1ccc(F)cc1. The van der Waals surface area contributed by atoms with E-state index in [4.69, 9.17) is 11.6 Å². The van der Waals surface area contributed by atoms with Crippen LogP contribution in [0.3, 0.4) is 0 Å². The summed E-state index contributed by atoms with van der Waals surface area (Å²) >= 11 is 5.69. The Morgan fingerprint density at radius 3 is 2.42 bits per heavy atom. The molecule has 0 aliphatic heterocycles. The molecule has 0 aromatic heterocycles. The van der Waals surface area contributed by atoms with Gasteiger partial charge in [0.25, 0.3) is 0 Å². The summed E-state index contributed by atoms with van der Waals surface area (Å²) in [5, 5.41) is 3.57. The van der Waals surface area contributed by atoms with Crippen LogP contribution in [0.2, 0.25) is 5.02 Å². The van der Waals surface area contributed by atoms with Gasteiger partial charge in [-0.3, -0.25) is 0 Å². The van der Waals surface area contributed by atoms with E-state index in [-0.39, 0.29) is 17.7 Å². The molecule has 2 rings (SSSR count). The summed E-state index contributed by atoms with van der Waals surface area (Å²) in [4.78, 5) is 0. The van der Waals surface area contributed by atoms with Crippen LogP contribution in [0.1, 0.15) is 24.1 Å². The molecule has 1 nitrogen and oxygen atoms in total. The fourth-order valence-electron chi connectivity index (χ4n) is 1.80. The lowest BCUT2D eigenvalue weighted by atomic mass is 10.1. The molecule has 2 aromatic carbocycles. The lowest BCUT2D eigenvalue weighted by molar-refractivity contribution is 0.543. The number of benzene rings is 2. The van der Waals surface area contributed by atoms with Gasteiger partial charge in [0.15, 0.2) is 0 Å². The molecule has 1 unspecified atom stereocenters. The zero-order valence-electron chi connectivity index (χ0n) is 10.5. The molecule has 0 saturated carbocycles. The largest absolute Gasteiger partial charge is 0.306 e. The molecular formula is C15H14ClF2N. The van der Waals surface area contributed by atoms with E-state index in [9.17, 15) is 8.78 Å². The minimum atomic E-state index is -0.327. The third-order valence-electron chi connectivity index (χ3n) is 2.98. The first-order valence-electron chi connectivity index (χ1n) is 5.99. The summed E-state index contributed by atoms with van der Waals surface area (Å²) in [6.07, 6.45) is 0. The van der Waals surface area contributed by atoms with E-state index in [1.807, 2.05) is 6.92 Å². The first-order valence-corrected chi connectivity index (χ1v) is 6.37. The van der Waals surface area contributed by atoms with Gasteiger partial charge < -0.3 is 5.32 Å². The van der Waals surface area contributed by atoms with Crippen molar-refractivity contribution < 1.29 is 8.78 Å². The summed E-state index contributed by atoms with van der Waals surface area (Å²) in [7, 11) is 0. The Balaban J connectivity index is 2.00. The maximum atomic E-state index is 13.6. The molecule has 0 aliphatic carbocycles. The third-order valence-corrected chi connectivity index (χ3v) is 3.22. The van der Waals surface area contributed by atoms with Crippen LogP contribution in [0.15, 0.2) is 42.5 Å². The van der Waals surface area contributed by atoms with Crippen LogP contribution in [0, 0.1) is 11.6 Å². The molecule has 0 spiro atoms. The summed E-state index contributed by atoms with van der Waals surface area (Å²) < 4.78 is 26.4. The fourth-order valence-corrected chi connectivity index (χ4v) is 1.96. The topological polar surface area (TPSA) is 12.0 Å². The summed E-state index contributed by atoms with van der Waals surface area (Å²) in [5.41, 5.74) is 1.51. The van der Waals surface area contributed by atoms with Crippen molar-refractivity contribution in [2.45, 2.75) is 19.5 Å². The van der Waals surface area contributed by atoms with Crippen LogP contribution in [-0.2, 0) is 6.54 Å². The number of rotatable bonds is 4. The Bertz CT molecular complexity index is 555. The molecule has 1 atom stereocenters. The first-order chi connectivity index (χ1) is 9.06. The van der Waals surface area contributed by atoms with Gasteiger partial charge in [-0.15, -0.1) is 0 Å². The molecule has 0 aliphatic rings. The van der Waals surface area contributed by atoms with Crippen LogP contribution >= 0.6 is 11.6 Å². The van der Waals surface area contributed by atoms with E-state index in [2.05, 4.69) is 5.32 Å². The highest BCUT2D eigenvalue weighted by Gasteiger charge is 2.07. The second-order valence-corrected chi connectivity index (χ2v) is 4.83. The summed E-state index contributed by atoms with van der Waals surface area (Å²) in [6.45, 7) is 2.34. The third kappa shape index (κ3) is 3.75. The van der Waals surface area contributed by atoms with Crippen molar-refractivity contribution in [2.24, 2.45) is 0 Å². The van der Waals surface area contributed by atoms with Gasteiger partial charge >= 0.3 is 0 Å². The maximum absolute atomic E-state index is 13.6. The molecule has 100 valence electrons. The lowest BCUT2D eigenvalue weighted by Crippen LogP contribution is -2.18. The highest BCUT2D eigenvalue weighted by atomic mass is 35.5. The Morgan fingerprint density at radius 1 is 1.11 bits per heavy atom. The quantitative estimate of drug-likeness (QED) is 0.872. The van der Waals surface area contributed by atoms with Crippen LogP contribution in [0.25, 0.3) is 0 Å². The zero-order chi connectivity index (χ0) is 13.8. The van der Waals surface area contributed by atoms with Gasteiger partial charge in [-0.05, 0) is 36.8 Å². The van der Waals surface area contributed by atoms with Gasteiger partial charge in [-0.25, -0.2) is 8.78 Å². The van der Waals surface area contributed by atoms with Crippen LogP contribution < -0.4 is 5.32 Å². The van der Waals surface area contributed by atoms with Crippen molar-refractivity contribution in [3.8, 4) is 0 Å². The van der Waals surface area contributed by atoms with Gasteiger partial charge in [0.1, 0.15) is 11.6 Å². The van der Waals surface area contributed by atoms with Crippen molar-refractivity contribution in [3.05, 3.63) is 70.2 Å². The van der Waals surface area contributed by atoms with E-state index in [0.717, 1.165) is 5.56 Å². The predicted molar refractivity (Wildman–Crippen MR) is 73.1 cm³/mol. The summed E-state index contributed by atoms with van der Waals surface area (Å²) in [5.74, 6) is -0.592. The molecule has 1 N–H and O–H groups in total.